The minimum Gasteiger partial charge on any atom is -0.497 e. The first-order valence-electron chi connectivity index (χ1n) is 10.2. The normalized spacial score (nSPS) is 13.7. The maximum atomic E-state index is 13.3. The number of para-hydroxylation sites is 1. The molecule has 1 heterocycles. The molecule has 0 saturated carbocycles. The van der Waals surface area contributed by atoms with Crippen molar-refractivity contribution in [2.75, 3.05) is 19.0 Å². The van der Waals surface area contributed by atoms with E-state index in [0.29, 0.717) is 24.2 Å². The highest BCUT2D eigenvalue weighted by molar-refractivity contribution is 6.36. The summed E-state index contributed by atoms with van der Waals surface area (Å²) < 4.78 is 5.19. The van der Waals surface area contributed by atoms with E-state index in [2.05, 4.69) is 5.32 Å². The lowest BCUT2D eigenvalue weighted by Crippen LogP contribution is -2.34. The number of aryl methyl sites for hydroxylation is 1. The van der Waals surface area contributed by atoms with Crippen molar-refractivity contribution in [3.8, 4) is 5.75 Å². The van der Waals surface area contributed by atoms with Crippen LogP contribution in [0.3, 0.4) is 0 Å². The number of rotatable bonds is 7. The number of anilines is 1. The minimum absolute atomic E-state index is 0.277. The second kappa shape index (κ2) is 8.88. The van der Waals surface area contributed by atoms with Crippen molar-refractivity contribution in [1.29, 1.82) is 0 Å². The molecule has 0 aromatic heterocycles. The van der Waals surface area contributed by atoms with Crippen molar-refractivity contribution < 1.29 is 14.3 Å². The Balaban J connectivity index is 1.62. The van der Waals surface area contributed by atoms with Crippen LogP contribution in [0, 0.1) is 6.92 Å². The lowest BCUT2D eigenvalue weighted by atomic mass is 10.0. The van der Waals surface area contributed by atoms with E-state index >= 15 is 0 Å². The fourth-order valence-electron chi connectivity index (χ4n) is 3.65. The number of benzene rings is 3. The van der Waals surface area contributed by atoms with Crippen molar-refractivity contribution in [2.45, 2.75) is 13.3 Å². The molecule has 156 valence electrons. The molecule has 1 N–H and O–H groups in total. The third-order valence-corrected chi connectivity index (χ3v) is 5.42. The van der Waals surface area contributed by atoms with Crippen LogP contribution < -0.4 is 10.1 Å². The molecule has 0 spiro atoms. The maximum Gasteiger partial charge on any atom is 0.278 e. The van der Waals surface area contributed by atoms with Crippen LogP contribution in [0.25, 0.3) is 5.57 Å². The summed E-state index contributed by atoms with van der Waals surface area (Å²) in [6.45, 7) is 2.27. The quantitative estimate of drug-likeness (QED) is 0.583. The molecule has 1 aliphatic rings. The summed E-state index contributed by atoms with van der Waals surface area (Å²) in [7, 11) is 1.62. The Morgan fingerprint density at radius 2 is 1.52 bits per heavy atom. The van der Waals surface area contributed by atoms with E-state index in [1.165, 1.54) is 4.90 Å². The van der Waals surface area contributed by atoms with Crippen LogP contribution in [0.4, 0.5) is 5.69 Å². The molecule has 4 rings (SSSR count). The molecule has 1 aliphatic heterocycles. The smallest absolute Gasteiger partial charge is 0.278 e. The van der Waals surface area contributed by atoms with E-state index in [0.717, 1.165) is 28.1 Å². The molecule has 0 unspecified atom stereocenters. The molecule has 0 atom stereocenters. The zero-order valence-electron chi connectivity index (χ0n) is 17.6. The molecule has 5 nitrogen and oxygen atoms in total. The Kier molecular flexibility index (Phi) is 5.85. The van der Waals surface area contributed by atoms with Gasteiger partial charge in [0.15, 0.2) is 0 Å². The van der Waals surface area contributed by atoms with Crippen LogP contribution in [0.1, 0.15) is 16.7 Å². The summed E-state index contributed by atoms with van der Waals surface area (Å²) in [4.78, 5) is 27.9. The predicted molar refractivity (Wildman–Crippen MR) is 122 cm³/mol. The van der Waals surface area contributed by atoms with Gasteiger partial charge in [-0.3, -0.25) is 14.5 Å². The van der Waals surface area contributed by atoms with Gasteiger partial charge >= 0.3 is 0 Å². The zero-order chi connectivity index (χ0) is 21.8. The van der Waals surface area contributed by atoms with Gasteiger partial charge in [0.2, 0.25) is 0 Å². The molecule has 3 aromatic carbocycles. The van der Waals surface area contributed by atoms with E-state index < -0.39 is 0 Å². The highest BCUT2D eigenvalue weighted by Gasteiger charge is 2.38. The van der Waals surface area contributed by atoms with Crippen molar-refractivity contribution in [3.05, 3.63) is 101 Å². The largest absolute Gasteiger partial charge is 0.497 e. The fourth-order valence-corrected chi connectivity index (χ4v) is 3.65. The first kappa shape index (κ1) is 20.4. The number of ether oxygens (including phenoxy) is 1. The first-order valence-corrected chi connectivity index (χ1v) is 10.2. The molecule has 3 aromatic rings. The molecule has 31 heavy (non-hydrogen) atoms. The predicted octanol–water partition coefficient (Wildman–Crippen LogP) is 4.44. The monoisotopic (exact) mass is 412 g/mol. The van der Waals surface area contributed by atoms with Crippen LogP contribution in [0.5, 0.6) is 5.75 Å². The van der Waals surface area contributed by atoms with Gasteiger partial charge in [-0.25, -0.2) is 0 Å². The number of nitrogens with zero attached hydrogens (tertiary/aromatic N) is 1. The number of methoxy groups -OCH3 is 1. The van der Waals surface area contributed by atoms with Crippen LogP contribution in [-0.2, 0) is 16.0 Å². The van der Waals surface area contributed by atoms with Crippen molar-refractivity contribution in [2.24, 2.45) is 0 Å². The Labute approximate surface area is 182 Å². The summed E-state index contributed by atoms with van der Waals surface area (Å²) in [5.41, 5.74) is 4.29. The topological polar surface area (TPSA) is 58.6 Å². The summed E-state index contributed by atoms with van der Waals surface area (Å²) in [5.74, 6) is 0.191. The highest BCUT2D eigenvalue weighted by atomic mass is 16.5. The SMILES string of the molecule is COc1ccc(CCN2C(=O)C(Nc3ccccc3C)=C(c3ccccc3)C2=O)cc1. The second-order valence-corrected chi connectivity index (χ2v) is 7.42. The molecule has 0 aliphatic carbocycles. The molecular weight excluding hydrogens is 388 g/mol. The lowest BCUT2D eigenvalue weighted by Gasteiger charge is -2.16. The van der Waals surface area contributed by atoms with Gasteiger partial charge in [0.1, 0.15) is 11.4 Å². The number of nitrogens with one attached hydrogen (secondary N) is 1. The molecule has 0 bridgehead atoms. The van der Waals surface area contributed by atoms with E-state index in [9.17, 15) is 9.59 Å². The van der Waals surface area contributed by atoms with Gasteiger partial charge in [0.25, 0.3) is 11.8 Å². The highest BCUT2D eigenvalue weighted by Crippen LogP contribution is 2.31. The van der Waals surface area contributed by atoms with Crippen molar-refractivity contribution in [3.63, 3.8) is 0 Å². The van der Waals surface area contributed by atoms with E-state index in [-0.39, 0.29) is 11.8 Å². The van der Waals surface area contributed by atoms with Crippen molar-refractivity contribution in [1.82, 2.24) is 4.90 Å². The number of hydrogen-bond acceptors (Lipinski definition) is 4. The molecule has 0 fully saturated rings. The molecule has 0 radical (unpaired) electrons. The average Bonchev–Trinajstić information content (AvgIpc) is 3.03. The molecular formula is C26H24N2O3. The van der Waals surface area contributed by atoms with Crippen LogP contribution in [0.15, 0.2) is 84.6 Å². The van der Waals surface area contributed by atoms with Crippen molar-refractivity contribution >= 4 is 23.1 Å². The number of carbonyl (C=O) groups excluding carboxylic acids is 2. The van der Waals surface area contributed by atoms with Gasteiger partial charge in [0.05, 0.1) is 12.7 Å². The Bertz CT molecular complexity index is 1130. The van der Waals surface area contributed by atoms with Gasteiger partial charge in [-0.1, -0.05) is 60.7 Å². The lowest BCUT2D eigenvalue weighted by molar-refractivity contribution is -0.136. The Morgan fingerprint density at radius 1 is 0.839 bits per heavy atom. The zero-order valence-corrected chi connectivity index (χ0v) is 17.6. The minimum atomic E-state index is -0.305. The van der Waals surface area contributed by atoms with E-state index in [1.54, 1.807) is 7.11 Å². The summed E-state index contributed by atoms with van der Waals surface area (Å²) in [6, 6.07) is 24.7. The summed E-state index contributed by atoms with van der Waals surface area (Å²) in [5, 5.41) is 3.23. The number of imide groups is 1. The fraction of sp³-hybridized carbons (Fsp3) is 0.154. The van der Waals surface area contributed by atoms with Crippen LogP contribution in [-0.4, -0.2) is 30.4 Å². The average molecular weight is 412 g/mol. The van der Waals surface area contributed by atoms with Gasteiger partial charge in [-0.15, -0.1) is 0 Å². The maximum absolute atomic E-state index is 13.3. The number of amides is 2. The summed E-state index contributed by atoms with van der Waals surface area (Å²) >= 11 is 0. The third-order valence-electron chi connectivity index (χ3n) is 5.42. The second-order valence-electron chi connectivity index (χ2n) is 7.42. The Hall–Kier alpha value is -3.86. The van der Waals surface area contributed by atoms with Gasteiger partial charge in [-0.2, -0.15) is 0 Å². The van der Waals surface area contributed by atoms with Gasteiger partial charge in [-0.05, 0) is 48.2 Å². The summed E-state index contributed by atoms with van der Waals surface area (Å²) in [6.07, 6.45) is 0.571. The number of carbonyl (C=O) groups is 2. The van der Waals surface area contributed by atoms with E-state index in [1.807, 2.05) is 85.8 Å². The molecule has 2 amide bonds. The molecule has 0 saturated heterocycles. The van der Waals surface area contributed by atoms with Gasteiger partial charge < -0.3 is 10.1 Å². The van der Waals surface area contributed by atoms with Crippen LogP contribution >= 0.6 is 0 Å². The molecule has 5 heteroatoms. The van der Waals surface area contributed by atoms with Gasteiger partial charge in [0, 0.05) is 12.2 Å². The number of hydrogen-bond donors (Lipinski definition) is 1. The standard InChI is InChI=1S/C26H24N2O3/c1-18-8-6-7-11-22(18)27-24-23(20-9-4-3-5-10-20)25(29)28(26(24)30)17-16-19-12-14-21(31-2)15-13-19/h3-15,27H,16-17H2,1-2H3. The Morgan fingerprint density at radius 3 is 2.19 bits per heavy atom. The first-order chi connectivity index (χ1) is 15.1. The van der Waals surface area contributed by atoms with Crippen LogP contribution in [0.2, 0.25) is 0 Å². The van der Waals surface area contributed by atoms with E-state index in [4.69, 9.17) is 4.74 Å². The third kappa shape index (κ3) is 4.21.